The number of unbranched alkanes of at least 4 members (excludes halogenated alkanes) is 1. The number of rotatable bonds is 9. The van der Waals surface area contributed by atoms with Crippen LogP contribution in [-0.2, 0) is 21.1 Å². The molecule has 0 bridgehead atoms. The lowest BCUT2D eigenvalue weighted by atomic mass is 10.1. The van der Waals surface area contributed by atoms with Gasteiger partial charge in [-0.3, -0.25) is 4.18 Å². The minimum atomic E-state index is -6.61. The molecule has 0 fully saturated rings. The molecule has 0 unspecified atom stereocenters. The SMILES string of the molecule is CCCC[n+]1ccccc1.O=S(=O)([O-])OCC(F)(F)C(F)(F)C(F)(F)C(F)F. The molecule has 0 atom stereocenters. The molecule has 0 saturated heterocycles. The Bertz CT molecular complexity index is 686. The van der Waals surface area contributed by atoms with Crippen molar-refractivity contribution in [2.45, 2.75) is 50.5 Å². The summed E-state index contributed by atoms with van der Waals surface area (Å²) in [6, 6.07) is 6.17. The van der Waals surface area contributed by atoms with E-state index in [1.165, 1.54) is 12.8 Å². The predicted octanol–water partition coefficient (Wildman–Crippen LogP) is 3.41. The van der Waals surface area contributed by atoms with Crippen LogP contribution in [0, 0.1) is 0 Å². The van der Waals surface area contributed by atoms with Crippen molar-refractivity contribution in [2.75, 3.05) is 6.61 Å². The van der Waals surface area contributed by atoms with Crippen LogP contribution in [0.4, 0.5) is 35.1 Å². The highest BCUT2D eigenvalue weighted by Gasteiger charge is 2.75. The second kappa shape index (κ2) is 10.3. The summed E-state index contributed by atoms with van der Waals surface area (Å²) in [6.07, 6.45) is 1.62. The summed E-state index contributed by atoms with van der Waals surface area (Å²) in [5.41, 5.74) is 0. The molecule has 0 aliphatic carbocycles. The standard InChI is InChI=1S/C9H14N.C5H4F8O4S/c1-2-3-7-10-8-5-4-6-9-10;6-2(7)4(10,11)5(12,13)3(8,9)1-17-18(14,15)16/h4-6,8-9H,2-3,7H2,1H3;2H,1H2,(H,14,15,16)/q+1;/p-1. The first-order chi connectivity index (χ1) is 12.6. The molecule has 164 valence electrons. The van der Waals surface area contributed by atoms with Gasteiger partial charge in [0.15, 0.2) is 12.4 Å². The summed E-state index contributed by atoms with van der Waals surface area (Å²) in [7, 11) is -5.88. The third-order valence-corrected chi connectivity index (χ3v) is 3.49. The Morgan fingerprint density at radius 2 is 1.54 bits per heavy atom. The van der Waals surface area contributed by atoms with Crippen LogP contribution in [0.5, 0.6) is 0 Å². The van der Waals surface area contributed by atoms with Gasteiger partial charge in [-0.2, -0.15) is 26.3 Å². The maximum atomic E-state index is 12.5. The Kier molecular flexibility index (Phi) is 9.73. The van der Waals surface area contributed by atoms with Crippen LogP contribution in [0.2, 0.25) is 0 Å². The monoisotopic (exact) mass is 447 g/mol. The van der Waals surface area contributed by atoms with Crippen LogP contribution in [-0.4, -0.2) is 43.8 Å². The van der Waals surface area contributed by atoms with Crippen molar-refractivity contribution in [3.8, 4) is 0 Å². The number of hydrogen-bond acceptors (Lipinski definition) is 4. The van der Waals surface area contributed by atoms with Crippen molar-refractivity contribution in [2.24, 2.45) is 0 Å². The highest BCUT2D eigenvalue weighted by molar-refractivity contribution is 7.80. The van der Waals surface area contributed by atoms with E-state index in [1.807, 2.05) is 6.07 Å². The van der Waals surface area contributed by atoms with E-state index >= 15 is 0 Å². The molecule has 1 aromatic rings. The van der Waals surface area contributed by atoms with E-state index in [9.17, 15) is 48.1 Å². The van der Waals surface area contributed by atoms with E-state index in [2.05, 4.69) is 40.2 Å². The van der Waals surface area contributed by atoms with Crippen LogP contribution in [0.3, 0.4) is 0 Å². The van der Waals surface area contributed by atoms with Crippen LogP contribution in [0.1, 0.15) is 19.8 Å². The van der Waals surface area contributed by atoms with E-state index in [1.54, 1.807) is 0 Å². The Balaban J connectivity index is 0.000000609. The lowest BCUT2D eigenvalue weighted by Crippen LogP contribution is -2.59. The van der Waals surface area contributed by atoms with Gasteiger partial charge < -0.3 is 4.55 Å². The molecule has 1 rings (SSSR count). The third-order valence-electron chi connectivity index (χ3n) is 3.08. The van der Waals surface area contributed by atoms with Gasteiger partial charge in [-0.25, -0.2) is 21.8 Å². The highest BCUT2D eigenvalue weighted by Crippen LogP contribution is 2.48. The van der Waals surface area contributed by atoms with Crippen LogP contribution in [0.15, 0.2) is 30.6 Å². The number of halogens is 8. The number of nitrogens with zero attached hydrogens (tertiary/aromatic N) is 1. The van der Waals surface area contributed by atoms with Crippen molar-refractivity contribution in [1.82, 2.24) is 0 Å². The zero-order valence-electron chi connectivity index (χ0n) is 14.3. The summed E-state index contributed by atoms with van der Waals surface area (Å²) in [5.74, 6) is -19.0. The molecular weight excluding hydrogens is 430 g/mol. The van der Waals surface area contributed by atoms with E-state index in [0.717, 1.165) is 6.54 Å². The molecule has 5 nitrogen and oxygen atoms in total. The molecule has 1 aromatic heterocycles. The average Bonchev–Trinajstić information content (AvgIpc) is 2.58. The minimum absolute atomic E-state index is 1.15. The van der Waals surface area contributed by atoms with Gasteiger partial charge in [-0.15, -0.1) is 0 Å². The van der Waals surface area contributed by atoms with Gasteiger partial charge in [0, 0.05) is 18.6 Å². The lowest BCUT2D eigenvalue weighted by Gasteiger charge is -2.31. The molecule has 0 saturated carbocycles. The normalized spacial score (nSPS) is 13.2. The zero-order valence-corrected chi connectivity index (χ0v) is 15.1. The van der Waals surface area contributed by atoms with Crippen molar-refractivity contribution >= 4 is 10.4 Å². The quantitative estimate of drug-likeness (QED) is 0.252. The maximum Gasteiger partial charge on any atom is 0.380 e. The van der Waals surface area contributed by atoms with E-state index in [0.29, 0.717) is 0 Å². The number of hydrogen-bond donors (Lipinski definition) is 0. The number of aromatic nitrogens is 1. The second-order valence-corrected chi connectivity index (χ2v) is 6.39. The molecule has 14 heteroatoms. The molecule has 0 aliphatic rings. The first-order valence-electron chi connectivity index (χ1n) is 7.54. The topological polar surface area (TPSA) is 70.3 Å². The van der Waals surface area contributed by atoms with Crippen LogP contribution >= 0.6 is 0 Å². The summed E-state index contributed by atoms with van der Waals surface area (Å²) in [6.45, 7) is 0.370. The highest BCUT2D eigenvalue weighted by atomic mass is 32.3. The van der Waals surface area contributed by atoms with Gasteiger partial charge in [0.2, 0.25) is 10.4 Å². The van der Waals surface area contributed by atoms with E-state index in [-0.39, 0.29) is 0 Å². The Labute approximate surface area is 155 Å². The fourth-order valence-electron chi connectivity index (χ4n) is 1.54. The van der Waals surface area contributed by atoms with Crippen LogP contribution < -0.4 is 4.57 Å². The zero-order chi connectivity index (χ0) is 22.2. The van der Waals surface area contributed by atoms with Gasteiger partial charge in [-0.05, 0) is 0 Å². The minimum Gasteiger partial charge on any atom is -0.726 e. The van der Waals surface area contributed by atoms with E-state index < -0.39 is 41.2 Å². The van der Waals surface area contributed by atoms with Crippen LogP contribution in [0.25, 0.3) is 0 Å². The second-order valence-electron chi connectivity index (χ2n) is 5.34. The van der Waals surface area contributed by atoms with Gasteiger partial charge in [0.1, 0.15) is 13.2 Å². The molecule has 0 amide bonds. The lowest BCUT2D eigenvalue weighted by molar-refractivity contribution is -0.697. The van der Waals surface area contributed by atoms with Gasteiger partial charge in [0.05, 0.1) is 0 Å². The molecule has 0 aromatic carbocycles. The first-order valence-corrected chi connectivity index (χ1v) is 8.87. The molecule has 0 radical (unpaired) electrons. The van der Waals surface area contributed by atoms with Gasteiger partial charge in [-0.1, -0.05) is 19.4 Å². The molecule has 28 heavy (non-hydrogen) atoms. The Morgan fingerprint density at radius 1 is 1.04 bits per heavy atom. The average molecular weight is 447 g/mol. The molecular formula is C14H17F8NO4S. The van der Waals surface area contributed by atoms with Gasteiger partial charge >= 0.3 is 24.2 Å². The van der Waals surface area contributed by atoms with Crippen molar-refractivity contribution < 1.29 is 56.8 Å². The fourth-order valence-corrected chi connectivity index (χ4v) is 1.83. The number of aryl methyl sites for hydroxylation is 1. The fraction of sp³-hybridized carbons (Fsp3) is 0.643. The maximum absolute atomic E-state index is 12.5. The first kappa shape index (κ1) is 26.5. The van der Waals surface area contributed by atoms with Crippen molar-refractivity contribution in [3.05, 3.63) is 30.6 Å². The third kappa shape index (κ3) is 7.83. The van der Waals surface area contributed by atoms with Gasteiger partial charge in [0.25, 0.3) is 0 Å². The van der Waals surface area contributed by atoms with E-state index in [4.69, 9.17) is 0 Å². The van der Waals surface area contributed by atoms with Crippen molar-refractivity contribution in [3.63, 3.8) is 0 Å². The molecule has 1 heterocycles. The largest absolute Gasteiger partial charge is 0.726 e. The molecule has 0 N–H and O–H groups in total. The predicted molar refractivity (Wildman–Crippen MR) is 78.0 cm³/mol. The smallest absolute Gasteiger partial charge is 0.380 e. The molecule has 0 spiro atoms. The molecule has 0 aliphatic heterocycles. The Morgan fingerprint density at radius 3 is 1.93 bits per heavy atom. The van der Waals surface area contributed by atoms with Crippen molar-refractivity contribution in [1.29, 1.82) is 0 Å². The summed E-state index contributed by atoms with van der Waals surface area (Å²) >= 11 is 0. The summed E-state index contributed by atoms with van der Waals surface area (Å²) in [5, 5.41) is 0. The summed E-state index contributed by atoms with van der Waals surface area (Å²) < 4.78 is 131. The number of pyridine rings is 1. The number of alkyl halides is 8. The summed E-state index contributed by atoms with van der Waals surface area (Å²) in [4.78, 5) is 0. The Hall–Kier alpha value is -1.54.